The minimum Gasteiger partial charge on any atom is -0.462 e. The highest BCUT2D eigenvalue weighted by Crippen LogP contribution is 2.16. The van der Waals surface area contributed by atoms with Gasteiger partial charge in [0, 0.05) is 19.3 Å². The van der Waals surface area contributed by atoms with E-state index in [9.17, 15) is 19.2 Å². The Hall–Kier alpha value is -2.70. The molecule has 1 rings (SSSR count). The molecule has 1 aromatic carbocycles. The molecule has 1 amide bonds. The zero-order valence-electron chi connectivity index (χ0n) is 14.7. The summed E-state index contributed by atoms with van der Waals surface area (Å²) in [5.74, 6) is -1.83. The van der Waals surface area contributed by atoms with Gasteiger partial charge < -0.3 is 9.57 Å². The molecule has 1 unspecified atom stereocenters. The number of carbonyl (C=O) groups excluding carboxylic acids is 4. The van der Waals surface area contributed by atoms with Gasteiger partial charge in [-0.3, -0.25) is 14.4 Å². The number of ketones is 1. The fraction of sp³-hybridized carbons (Fsp3) is 0.444. The van der Waals surface area contributed by atoms with Gasteiger partial charge in [0.25, 0.3) is 5.91 Å². The molecular weight excluding hydrogens is 326 g/mol. The Balaban J connectivity index is 2.60. The second kappa shape index (κ2) is 10.2. The number of Topliss-reactive ketones (excluding diaryl/α,β-unsaturated/α-hetero) is 1. The molecule has 136 valence electrons. The van der Waals surface area contributed by atoms with Crippen LogP contribution in [0, 0.1) is 5.92 Å². The zero-order valence-corrected chi connectivity index (χ0v) is 14.7. The summed E-state index contributed by atoms with van der Waals surface area (Å²) in [5, 5.41) is 0. The van der Waals surface area contributed by atoms with Gasteiger partial charge in [0.05, 0.1) is 12.2 Å². The summed E-state index contributed by atoms with van der Waals surface area (Å²) in [6.07, 6.45) is 0.861. The molecule has 0 fully saturated rings. The molecule has 25 heavy (non-hydrogen) atoms. The van der Waals surface area contributed by atoms with Crippen molar-refractivity contribution < 1.29 is 28.8 Å². The molecule has 1 aromatic rings. The first-order valence-corrected chi connectivity index (χ1v) is 8.06. The van der Waals surface area contributed by atoms with Gasteiger partial charge in [-0.15, -0.1) is 0 Å². The lowest BCUT2D eigenvalue weighted by atomic mass is 9.91. The average molecular weight is 349 g/mol. The number of rotatable bonds is 8. The number of amides is 1. The molecule has 0 spiro atoms. The first-order chi connectivity index (χ1) is 11.8. The lowest BCUT2D eigenvalue weighted by Crippen LogP contribution is -2.27. The Morgan fingerprint density at radius 3 is 2.24 bits per heavy atom. The van der Waals surface area contributed by atoms with E-state index in [1.807, 2.05) is 5.48 Å². The molecule has 0 saturated carbocycles. The normalized spacial score (nSPS) is 11.3. The maximum atomic E-state index is 11.8. The molecule has 0 aliphatic carbocycles. The smallest absolute Gasteiger partial charge is 0.338 e. The van der Waals surface area contributed by atoms with Crippen LogP contribution in [0.5, 0.6) is 0 Å². The van der Waals surface area contributed by atoms with Crippen molar-refractivity contribution in [2.75, 3.05) is 6.61 Å². The van der Waals surface area contributed by atoms with E-state index in [0.717, 1.165) is 5.56 Å². The van der Waals surface area contributed by atoms with Gasteiger partial charge in [-0.1, -0.05) is 12.1 Å². The highest BCUT2D eigenvalue weighted by Gasteiger charge is 2.17. The van der Waals surface area contributed by atoms with Crippen LogP contribution >= 0.6 is 0 Å². The molecule has 7 nitrogen and oxygen atoms in total. The molecule has 1 N–H and O–H groups in total. The number of nitrogens with one attached hydrogen (secondary N) is 1. The third-order valence-electron chi connectivity index (χ3n) is 3.55. The summed E-state index contributed by atoms with van der Waals surface area (Å²) in [7, 11) is 0. The van der Waals surface area contributed by atoms with Crippen molar-refractivity contribution in [3.05, 3.63) is 35.4 Å². The lowest BCUT2D eigenvalue weighted by molar-refractivity contribution is -0.156. The number of hydrogen-bond acceptors (Lipinski definition) is 6. The summed E-state index contributed by atoms with van der Waals surface area (Å²) in [5.41, 5.74) is 3.35. The molecule has 0 bridgehead atoms. The van der Waals surface area contributed by atoms with Crippen molar-refractivity contribution in [2.24, 2.45) is 5.92 Å². The molecular formula is C18H23NO6. The van der Waals surface area contributed by atoms with Crippen LogP contribution in [0.2, 0.25) is 0 Å². The van der Waals surface area contributed by atoms with Crippen LogP contribution in [0.3, 0.4) is 0 Å². The summed E-state index contributed by atoms with van der Waals surface area (Å²) >= 11 is 0. The van der Waals surface area contributed by atoms with Crippen molar-refractivity contribution in [3.63, 3.8) is 0 Å². The van der Waals surface area contributed by atoms with Gasteiger partial charge in [-0.05, 0) is 44.4 Å². The van der Waals surface area contributed by atoms with Crippen LogP contribution < -0.4 is 5.48 Å². The number of esters is 1. The van der Waals surface area contributed by atoms with Crippen molar-refractivity contribution in [3.8, 4) is 0 Å². The minimum atomic E-state index is -0.613. The molecule has 7 heteroatoms. The number of benzene rings is 1. The molecule has 1 atom stereocenters. The summed E-state index contributed by atoms with van der Waals surface area (Å²) in [6.45, 7) is 4.70. The Kier molecular flexibility index (Phi) is 8.32. The van der Waals surface area contributed by atoms with Gasteiger partial charge in [0.15, 0.2) is 0 Å². The van der Waals surface area contributed by atoms with E-state index in [1.165, 1.54) is 13.8 Å². The van der Waals surface area contributed by atoms with Gasteiger partial charge >= 0.3 is 11.9 Å². The van der Waals surface area contributed by atoms with Gasteiger partial charge in [0.1, 0.15) is 5.78 Å². The maximum absolute atomic E-state index is 11.8. The second-order valence-electron chi connectivity index (χ2n) is 5.59. The number of hydroxylamine groups is 1. The lowest BCUT2D eigenvalue weighted by Gasteiger charge is -2.14. The molecule has 0 aromatic heterocycles. The number of ether oxygens (including phenoxy) is 1. The SMILES string of the molecule is CCOC(=O)c1ccc(CC(CCC(=O)NOC(C)=O)C(C)=O)cc1. The first kappa shape index (κ1) is 20.3. The van der Waals surface area contributed by atoms with Crippen LogP contribution in [-0.2, 0) is 30.4 Å². The van der Waals surface area contributed by atoms with E-state index >= 15 is 0 Å². The largest absolute Gasteiger partial charge is 0.462 e. The number of carbonyl (C=O) groups is 4. The van der Waals surface area contributed by atoms with E-state index in [-0.39, 0.29) is 24.1 Å². The second-order valence-corrected chi connectivity index (χ2v) is 5.59. The van der Waals surface area contributed by atoms with Crippen LogP contribution in [-0.4, -0.2) is 30.2 Å². The van der Waals surface area contributed by atoms with Crippen LogP contribution in [0.1, 0.15) is 49.5 Å². The van der Waals surface area contributed by atoms with E-state index < -0.39 is 11.9 Å². The summed E-state index contributed by atoms with van der Waals surface area (Å²) in [4.78, 5) is 50.0. The average Bonchev–Trinajstić information content (AvgIpc) is 2.57. The molecule has 0 aliphatic rings. The summed E-state index contributed by atoms with van der Waals surface area (Å²) < 4.78 is 4.92. The highest BCUT2D eigenvalue weighted by atomic mass is 16.7. The van der Waals surface area contributed by atoms with E-state index in [1.54, 1.807) is 31.2 Å². The topological polar surface area (TPSA) is 98.8 Å². The Labute approximate surface area is 146 Å². The molecule has 0 aliphatic heterocycles. The van der Waals surface area contributed by atoms with Crippen LogP contribution in [0.25, 0.3) is 0 Å². The van der Waals surface area contributed by atoms with Crippen molar-refractivity contribution in [1.82, 2.24) is 5.48 Å². The van der Waals surface area contributed by atoms with Crippen LogP contribution in [0.15, 0.2) is 24.3 Å². The molecule has 0 heterocycles. The molecule has 0 radical (unpaired) electrons. The van der Waals surface area contributed by atoms with Gasteiger partial charge in [-0.2, -0.15) is 5.48 Å². The number of hydrogen-bond donors (Lipinski definition) is 1. The summed E-state index contributed by atoms with van der Waals surface area (Å²) in [6, 6.07) is 6.83. The van der Waals surface area contributed by atoms with Gasteiger partial charge in [0.2, 0.25) is 0 Å². The Morgan fingerprint density at radius 2 is 1.72 bits per heavy atom. The quantitative estimate of drug-likeness (QED) is 0.569. The standard InChI is InChI=1S/C18H23NO6/c1-4-24-18(23)15-7-5-14(6-8-15)11-16(12(2)20)9-10-17(22)19-25-13(3)21/h5-8,16H,4,9-11H2,1-3H3,(H,19,22). The Morgan fingerprint density at radius 1 is 1.08 bits per heavy atom. The minimum absolute atomic E-state index is 0.0326. The van der Waals surface area contributed by atoms with Crippen LogP contribution in [0.4, 0.5) is 0 Å². The van der Waals surface area contributed by atoms with Gasteiger partial charge in [-0.25, -0.2) is 4.79 Å². The van der Waals surface area contributed by atoms with E-state index in [0.29, 0.717) is 25.0 Å². The first-order valence-electron chi connectivity index (χ1n) is 8.06. The van der Waals surface area contributed by atoms with Crippen molar-refractivity contribution in [2.45, 2.75) is 40.0 Å². The third-order valence-corrected chi connectivity index (χ3v) is 3.55. The maximum Gasteiger partial charge on any atom is 0.338 e. The predicted octanol–water partition coefficient (Wildman–Crippen LogP) is 1.99. The Bertz CT molecular complexity index is 623. The van der Waals surface area contributed by atoms with Crippen molar-refractivity contribution in [1.29, 1.82) is 0 Å². The van der Waals surface area contributed by atoms with Crippen molar-refractivity contribution >= 4 is 23.6 Å². The predicted molar refractivity (Wildman–Crippen MR) is 89.4 cm³/mol. The van der Waals surface area contributed by atoms with E-state index in [4.69, 9.17) is 4.74 Å². The monoisotopic (exact) mass is 349 g/mol. The highest BCUT2D eigenvalue weighted by molar-refractivity contribution is 5.89. The fourth-order valence-corrected chi connectivity index (χ4v) is 2.21. The fourth-order valence-electron chi connectivity index (χ4n) is 2.21. The zero-order chi connectivity index (χ0) is 18.8. The third kappa shape index (κ3) is 7.60. The van der Waals surface area contributed by atoms with E-state index in [2.05, 4.69) is 4.84 Å². The molecule has 0 saturated heterocycles.